The van der Waals surface area contributed by atoms with E-state index in [0.29, 0.717) is 22.9 Å². The summed E-state index contributed by atoms with van der Waals surface area (Å²) >= 11 is 0. The summed E-state index contributed by atoms with van der Waals surface area (Å²) in [6.45, 7) is 0. The summed E-state index contributed by atoms with van der Waals surface area (Å²) in [6, 6.07) is 39.1. The number of phenolic OH excluding ortho intramolecular Hbond substituents is 1. The number of hydrogen-bond acceptors (Lipinski definition) is 5. The summed E-state index contributed by atoms with van der Waals surface area (Å²) in [7, 11) is 0. The zero-order valence-corrected chi connectivity index (χ0v) is 19.9. The average Bonchev–Trinajstić information content (AvgIpc) is 2.98. The molecule has 0 atom stereocenters. The Morgan fingerprint density at radius 1 is 0.432 bits per heavy atom. The molecular weight excluding hydrogens is 456 g/mol. The molecule has 0 saturated carbocycles. The Balaban J connectivity index is 1.45. The molecule has 6 rings (SSSR count). The second-order valence-corrected chi connectivity index (χ2v) is 8.56. The minimum absolute atomic E-state index is 0.184. The standard InChI is InChI=1S/C32H22N4O/c37-30-17-8-7-16-26(30)27-18-19-33-31(34-27)25-15-9-14-24(20-25)29-21-28(22-10-3-1-4-11-22)35-32(36-29)23-12-5-2-6-13-23/h1-21,37H. The molecule has 2 aromatic heterocycles. The van der Waals surface area contributed by atoms with Crippen LogP contribution < -0.4 is 0 Å². The normalized spacial score (nSPS) is 10.8. The van der Waals surface area contributed by atoms with Gasteiger partial charge in [-0.25, -0.2) is 19.9 Å². The smallest absolute Gasteiger partial charge is 0.160 e. The van der Waals surface area contributed by atoms with Crippen LogP contribution in [0.15, 0.2) is 128 Å². The molecule has 0 fully saturated rings. The van der Waals surface area contributed by atoms with Gasteiger partial charge in [0.25, 0.3) is 0 Å². The van der Waals surface area contributed by atoms with Gasteiger partial charge in [-0.15, -0.1) is 0 Å². The third-order valence-electron chi connectivity index (χ3n) is 6.08. The van der Waals surface area contributed by atoms with Crippen molar-refractivity contribution in [1.29, 1.82) is 0 Å². The first kappa shape index (κ1) is 22.3. The molecular formula is C32H22N4O. The Kier molecular flexibility index (Phi) is 5.93. The average molecular weight is 479 g/mol. The highest BCUT2D eigenvalue weighted by Gasteiger charge is 2.13. The quantitative estimate of drug-likeness (QED) is 0.281. The van der Waals surface area contributed by atoms with E-state index in [1.54, 1.807) is 24.4 Å². The van der Waals surface area contributed by atoms with Gasteiger partial charge in [-0.1, -0.05) is 91.0 Å². The van der Waals surface area contributed by atoms with Crippen molar-refractivity contribution in [1.82, 2.24) is 19.9 Å². The number of para-hydroxylation sites is 1. The van der Waals surface area contributed by atoms with E-state index in [4.69, 9.17) is 15.0 Å². The van der Waals surface area contributed by atoms with Crippen LogP contribution in [0.1, 0.15) is 0 Å². The number of aromatic nitrogens is 4. The van der Waals surface area contributed by atoms with Crippen molar-refractivity contribution in [3.8, 4) is 62.3 Å². The van der Waals surface area contributed by atoms with Crippen molar-refractivity contribution >= 4 is 0 Å². The van der Waals surface area contributed by atoms with Crippen molar-refractivity contribution in [3.63, 3.8) is 0 Å². The first-order valence-corrected chi connectivity index (χ1v) is 12.0. The van der Waals surface area contributed by atoms with Gasteiger partial charge < -0.3 is 5.11 Å². The number of aromatic hydroxyl groups is 1. The van der Waals surface area contributed by atoms with Crippen LogP contribution in [0.4, 0.5) is 0 Å². The van der Waals surface area contributed by atoms with Crippen LogP contribution in [0, 0.1) is 0 Å². The first-order chi connectivity index (χ1) is 18.2. The van der Waals surface area contributed by atoms with E-state index in [0.717, 1.165) is 33.6 Å². The highest BCUT2D eigenvalue weighted by atomic mass is 16.3. The molecule has 37 heavy (non-hydrogen) atoms. The van der Waals surface area contributed by atoms with Crippen LogP contribution in [0.2, 0.25) is 0 Å². The van der Waals surface area contributed by atoms with Gasteiger partial charge in [0.2, 0.25) is 0 Å². The maximum atomic E-state index is 10.3. The van der Waals surface area contributed by atoms with Crippen LogP contribution in [-0.4, -0.2) is 25.0 Å². The molecule has 2 heterocycles. The Morgan fingerprint density at radius 2 is 1.03 bits per heavy atom. The molecule has 5 heteroatoms. The molecule has 1 N–H and O–H groups in total. The third kappa shape index (κ3) is 4.70. The van der Waals surface area contributed by atoms with E-state index in [2.05, 4.69) is 17.1 Å². The predicted molar refractivity (Wildman–Crippen MR) is 146 cm³/mol. The number of hydrogen-bond donors (Lipinski definition) is 1. The number of nitrogens with zero attached hydrogens (tertiary/aromatic N) is 4. The van der Waals surface area contributed by atoms with Crippen molar-refractivity contribution in [2.75, 3.05) is 0 Å². The Hall–Kier alpha value is -5.16. The Bertz CT molecular complexity index is 1630. The highest BCUT2D eigenvalue weighted by molar-refractivity contribution is 5.75. The van der Waals surface area contributed by atoms with Crippen LogP contribution in [-0.2, 0) is 0 Å². The van der Waals surface area contributed by atoms with E-state index in [-0.39, 0.29) is 5.75 Å². The fraction of sp³-hybridized carbons (Fsp3) is 0. The van der Waals surface area contributed by atoms with Crippen molar-refractivity contribution in [2.24, 2.45) is 0 Å². The van der Waals surface area contributed by atoms with Crippen molar-refractivity contribution < 1.29 is 5.11 Å². The van der Waals surface area contributed by atoms with E-state index in [1.807, 2.05) is 91.0 Å². The number of phenols is 1. The lowest BCUT2D eigenvalue weighted by Gasteiger charge is -2.10. The van der Waals surface area contributed by atoms with E-state index in [1.165, 1.54) is 0 Å². The van der Waals surface area contributed by atoms with Gasteiger partial charge in [-0.3, -0.25) is 0 Å². The summed E-state index contributed by atoms with van der Waals surface area (Å²) in [4.78, 5) is 19.0. The lowest BCUT2D eigenvalue weighted by Crippen LogP contribution is -1.96. The minimum Gasteiger partial charge on any atom is -0.507 e. The summed E-state index contributed by atoms with van der Waals surface area (Å²) < 4.78 is 0. The van der Waals surface area contributed by atoms with Gasteiger partial charge in [0.05, 0.1) is 17.1 Å². The largest absolute Gasteiger partial charge is 0.507 e. The summed E-state index contributed by atoms with van der Waals surface area (Å²) in [5.74, 6) is 1.42. The molecule has 0 saturated heterocycles. The van der Waals surface area contributed by atoms with Crippen LogP contribution >= 0.6 is 0 Å². The fourth-order valence-corrected chi connectivity index (χ4v) is 4.22. The lowest BCUT2D eigenvalue weighted by atomic mass is 10.0. The van der Waals surface area contributed by atoms with Gasteiger partial charge in [0.1, 0.15) is 5.75 Å². The fourth-order valence-electron chi connectivity index (χ4n) is 4.22. The SMILES string of the molecule is Oc1ccccc1-c1ccnc(-c2cccc(-c3cc(-c4ccccc4)nc(-c4ccccc4)n3)c2)n1. The maximum Gasteiger partial charge on any atom is 0.160 e. The summed E-state index contributed by atoms with van der Waals surface area (Å²) in [5, 5.41) is 10.3. The summed E-state index contributed by atoms with van der Waals surface area (Å²) in [6.07, 6.45) is 1.71. The van der Waals surface area contributed by atoms with Crippen molar-refractivity contribution in [3.05, 3.63) is 128 Å². The third-order valence-corrected chi connectivity index (χ3v) is 6.08. The molecule has 176 valence electrons. The molecule has 0 aliphatic heterocycles. The monoisotopic (exact) mass is 478 g/mol. The number of benzene rings is 4. The van der Waals surface area contributed by atoms with Crippen molar-refractivity contribution in [2.45, 2.75) is 0 Å². The molecule has 0 radical (unpaired) electrons. The predicted octanol–water partition coefficient (Wildman–Crippen LogP) is 7.31. The van der Waals surface area contributed by atoms with Gasteiger partial charge in [-0.2, -0.15) is 0 Å². The molecule has 0 aliphatic carbocycles. The van der Waals surface area contributed by atoms with Gasteiger partial charge in [-0.05, 0) is 30.3 Å². The van der Waals surface area contributed by atoms with E-state index in [9.17, 15) is 5.11 Å². The van der Waals surface area contributed by atoms with Crippen LogP contribution in [0.5, 0.6) is 5.75 Å². The molecule has 0 spiro atoms. The van der Waals surface area contributed by atoms with Crippen LogP contribution in [0.25, 0.3) is 56.5 Å². The maximum absolute atomic E-state index is 10.3. The minimum atomic E-state index is 0.184. The highest BCUT2D eigenvalue weighted by Crippen LogP contribution is 2.31. The second-order valence-electron chi connectivity index (χ2n) is 8.56. The van der Waals surface area contributed by atoms with Gasteiger partial charge >= 0.3 is 0 Å². The number of rotatable bonds is 5. The van der Waals surface area contributed by atoms with Crippen LogP contribution in [0.3, 0.4) is 0 Å². The lowest BCUT2D eigenvalue weighted by molar-refractivity contribution is 0.477. The van der Waals surface area contributed by atoms with Gasteiger partial charge in [0, 0.05) is 34.0 Å². The molecule has 4 aromatic carbocycles. The first-order valence-electron chi connectivity index (χ1n) is 12.0. The zero-order chi connectivity index (χ0) is 25.0. The van der Waals surface area contributed by atoms with E-state index < -0.39 is 0 Å². The molecule has 0 unspecified atom stereocenters. The summed E-state index contributed by atoms with van der Waals surface area (Å²) in [5.41, 5.74) is 6.77. The van der Waals surface area contributed by atoms with Gasteiger partial charge in [0.15, 0.2) is 11.6 Å². The molecule has 0 aliphatic rings. The van der Waals surface area contributed by atoms with E-state index >= 15 is 0 Å². The zero-order valence-electron chi connectivity index (χ0n) is 19.9. The molecule has 0 amide bonds. The molecule has 5 nitrogen and oxygen atoms in total. The molecule has 6 aromatic rings. The second kappa shape index (κ2) is 9.84. The molecule has 0 bridgehead atoms. The Labute approximate surface area is 214 Å². The Morgan fingerprint density at radius 3 is 1.78 bits per heavy atom. The topological polar surface area (TPSA) is 71.8 Å².